The molecule has 0 amide bonds. The molecular weight excluding hydrogens is 599 g/mol. The Morgan fingerprint density at radius 3 is 1.94 bits per heavy atom. The van der Waals surface area contributed by atoms with Crippen molar-refractivity contribution in [1.82, 2.24) is 4.57 Å². The number of nitrogens with zero attached hydrogens (tertiary/aromatic N) is 1. The summed E-state index contributed by atoms with van der Waals surface area (Å²) in [5.41, 5.74) is 12.8. The van der Waals surface area contributed by atoms with Crippen LogP contribution in [0.25, 0.3) is 71.5 Å². The first-order valence-electron chi connectivity index (χ1n) is 16.6. The van der Waals surface area contributed by atoms with Crippen LogP contribution in [0.2, 0.25) is 0 Å². The largest absolute Gasteiger partial charge is 0.422 e. The monoisotopic (exact) mass is 633 g/mol. The zero-order valence-electron chi connectivity index (χ0n) is 27.8. The van der Waals surface area contributed by atoms with E-state index < -0.39 is 0 Å². The van der Waals surface area contributed by atoms with E-state index in [1.165, 1.54) is 60.9 Å². The Hall–Kier alpha value is -6.19. The predicted octanol–water partition coefficient (Wildman–Crippen LogP) is 12.0. The third-order valence-corrected chi connectivity index (χ3v) is 9.47. The first-order valence-corrected chi connectivity index (χ1v) is 16.6. The van der Waals surface area contributed by atoms with Gasteiger partial charge in [0.1, 0.15) is 5.58 Å². The molecule has 0 unspecified atom stereocenters. The Kier molecular flexibility index (Phi) is 7.66. The topological polar surface area (TPSA) is 35.1 Å². The second kappa shape index (κ2) is 12.4. The van der Waals surface area contributed by atoms with Crippen molar-refractivity contribution in [3.63, 3.8) is 0 Å². The van der Waals surface area contributed by atoms with Crippen LogP contribution in [0.5, 0.6) is 0 Å². The van der Waals surface area contributed by atoms with Gasteiger partial charge in [-0.25, -0.2) is 4.79 Å². The zero-order chi connectivity index (χ0) is 33.5. The summed E-state index contributed by atoms with van der Waals surface area (Å²) in [5, 5.41) is 5.16. The highest BCUT2D eigenvalue weighted by Gasteiger charge is 2.14. The van der Waals surface area contributed by atoms with Gasteiger partial charge in [0.15, 0.2) is 0 Å². The Morgan fingerprint density at radius 2 is 1.10 bits per heavy atom. The molecule has 0 saturated carbocycles. The smallest absolute Gasteiger partial charge is 0.344 e. The summed E-state index contributed by atoms with van der Waals surface area (Å²) in [7, 11) is 0. The molecular formula is C46H35NO2. The lowest BCUT2D eigenvalue weighted by Gasteiger charge is -2.12. The van der Waals surface area contributed by atoms with Crippen molar-refractivity contribution in [1.29, 1.82) is 0 Å². The minimum absolute atomic E-state index is 0.266. The fourth-order valence-electron chi connectivity index (χ4n) is 6.97. The maximum atomic E-state index is 11.8. The van der Waals surface area contributed by atoms with Gasteiger partial charge in [0.25, 0.3) is 0 Å². The molecule has 9 aromatic rings. The average molecular weight is 634 g/mol. The Labute approximate surface area is 285 Å². The van der Waals surface area contributed by atoms with Gasteiger partial charge in [0, 0.05) is 21.8 Å². The highest BCUT2D eigenvalue weighted by Crippen LogP contribution is 2.37. The van der Waals surface area contributed by atoms with Crippen LogP contribution < -0.4 is 5.63 Å². The normalized spacial score (nSPS) is 11.2. The maximum Gasteiger partial charge on any atom is 0.344 e. The van der Waals surface area contributed by atoms with Crippen molar-refractivity contribution in [3.05, 3.63) is 185 Å². The molecule has 3 heteroatoms. The van der Waals surface area contributed by atoms with Gasteiger partial charge >= 0.3 is 5.63 Å². The highest BCUT2D eigenvalue weighted by atomic mass is 16.4. The van der Waals surface area contributed by atoms with Gasteiger partial charge in [0.2, 0.25) is 0 Å². The fourth-order valence-corrected chi connectivity index (χ4v) is 6.97. The summed E-state index contributed by atoms with van der Waals surface area (Å²) >= 11 is 0. The van der Waals surface area contributed by atoms with Crippen LogP contribution in [0.4, 0.5) is 0 Å². The van der Waals surface area contributed by atoms with Crippen LogP contribution in [0.15, 0.2) is 167 Å². The summed E-state index contributed by atoms with van der Waals surface area (Å²) < 4.78 is 7.64. The third-order valence-electron chi connectivity index (χ3n) is 9.47. The van der Waals surface area contributed by atoms with Gasteiger partial charge in [-0.05, 0) is 108 Å². The van der Waals surface area contributed by atoms with Gasteiger partial charge in [0.05, 0.1) is 16.4 Å². The zero-order valence-corrected chi connectivity index (χ0v) is 27.8. The number of aryl methyl sites for hydroxylation is 3. The van der Waals surface area contributed by atoms with E-state index in [-0.39, 0.29) is 5.63 Å². The van der Waals surface area contributed by atoms with Crippen molar-refractivity contribution < 1.29 is 4.42 Å². The number of hydrogen-bond acceptors (Lipinski definition) is 2. The van der Waals surface area contributed by atoms with Crippen LogP contribution in [-0.4, -0.2) is 4.57 Å². The molecule has 49 heavy (non-hydrogen) atoms. The van der Waals surface area contributed by atoms with Crippen molar-refractivity contribution in [3.8, 4) is 27.9 Å². The molecule has 0 N–H and O–H groups in total. The van der Waals surface area contributed by atoms with E-state index in [1.807, 2.05) is 49.4 Å². The molecule has 0 atom stereocenters. The van der Waals surface area contributed by atoms with Crippen LogP contribution in [0.1, 0.15) is 16.7 Å². The second-order valence-corrected chi connectivity index (χ2v) is 12.7. The van der Waals surface area contributed by atoms with Crippen molar-refractivity contribution in [2.45, 2.75) is 20.8 Å². The number of benzene rings is 7. The molecule has 0 aliphatic heterocycles. The number of hydrogen-bond donors (Lipinski definition) is 0. The summed E-state index contributed by atoms with van der Waals surface area (Å²) in [5.74, 6) is 0. The Bertz CT molecular complexity index is 2710. The lowest BCUT2D eigenvalue weighted by molar-refractivity contribution is 0.569. The lowest BCUT2D eigenvalue weighted by Crippen LogP contribution is -1.99. The summed E-state index contributed by atoms with van der Waals surface area (Å²) in [6.07, 6.45) is 0. The van der Waals surface area contributed by atoms with Crippen LogP contribution >= 0.6 is 0 Å². The molecule has 3 nitrogen and oxygen atoms in total. The fraction of sp³-hybridized carbons (Fsp3) is 0.0652. The molecule has 236 valence electrons. The van der Waals surface area contributed by atoms with Gasteiger partial charge in [-0.15, -0.1) is 0 Å². The lowest BCUT2D eigenvalue weighted by atomic mass is 9.92. The number of aromatic nitrogens is 1. The average Bonchev–Trinajstić information content (AvgIpc) is 3.47. The molecule has 9 rings (SSSR count). The summed E-state index contributed by atoms with van der Waals surface area (Å²) in [4.78, 5) is 11.8. The molecule has 0 aliphatic rings. The molecule has 2 aromatic heterocycles. The number of rotatable bonds is 3. The SMILES string of the molecule is Cc1ccc2c(c1)c(=O)oc1ccccc12.Cc1ccccc1-c1cc(-c2ccc3c(c2)c2ccccc2n3-c2ccccc2)ccc1C. The van der Waals surface area contributed by atoms with E-state index in [0.29, 0.717) is 11.0 Å². The first kappa shape index (κ1) is 30.2. The molecule has 0 radical (unpaired) electrons. The second-order valence-electron chi connectivity index (χ2n) is 12.7. The number of fused-ring (bicyclic) bond motifs is 6. The van der Waals surface area contributed by atoms with E-state index in [9.17, 15) is 4.79 Å². The van der Waals surface area contributed by atoms with E-state index in [1.54, 1.807) is 0 Å². The van der Waals surface area contributed by atoms with Crippen LogP contribution in [0.3, 0.4) is 0 Å². The van der Waals surface area contributed by atoms with Crippen LogP contribution in [-0.2, 0) is 0 Å². The van der Waals surface area contributed by atoms with E-state index in [0.717, 1.165) is 16.3 Å². The third kappa shape index (κ3) is 5.50. The minimum atomic E-state index is -0.266. The van der Waals surface area contributed by atoms with Gasteiger partial charge in [-0.1, -0.05) is 115 Å². The molecule has 0 aliphatic carbocycles. The molecule has 7 aromatic carbocycles. The highest BCUT2D eigenvalue weighted by molar-refractivity contribution is 6.10. The van der Waals surface area contributed by atoms with Gasteiger partial charge in [-0.2, -0.15) is 0 Å². The van der Waals surface area contributed by atoms with Crippen molar-refractivity contribution in [2.24, 2.45) is 0 Å². The molecule has 0 saturated heterocycles. The molecule has 0 spiro atoms. The van der Waals surface area contributed by atoms with Gasteiger partial charge < -0.3 is 8.98 Å². The Morgan fingerprint density at radius 1 is 0.449 bits per heavy atom. The standard InChI is InChI=1S/C32H25N.C14H10O2/c1-22-10-6-7-13-27(22)29-20-24(17-16-23(29)2)25-18-19-32-30(21-25)28-14-8-9-15-31(28)33(32)26-11-4-3-5-12-26;1-9-6-7-10-11-4-2-3-5-13(11)16-14(15)12(10)8-9/h3-21H,1-2H3;2-8H,1H3. The summed E-state index contributed by atoms with van der Waals surface area (Å²) in [6, 6.07) is 55.1. The van der Waals surface area contributed by atoms with E-state index >= 15 is 0 Å². The predicted molar refractivity (Wildman–Crippen MR) is 206 cm³/mol. The molecule has 2 heterocycles. The van der Waals surface area contributed by atoms with Crippen molar-refractivity contribution in [2.75, 3.05) is 0 Å². The van der Waals surface area contributed by atoms with E-state index in [4.69, 9.17) is 4.42 Å². The van der Waals surface area contributed by atoms with Crippen molar-refractivity contribution >= 4 is 43.5 Å². The summed E-state index contributed by atoms with van der Waals surface area (Å²) in [6.45, 7) is 6.35. The van der Waals surface area contributed by atoms with E-state index in [2.05, 4.69) is 134 Å². The maximum absolute atomic E-state index is 11.8. The molecule has 0 bridgehead atoms. The molecule has 0 fully saturated rings. The van der Waals surface area contributed by atoms with Crippen LogP contribution in [0, 0.1) is 20.8 Å². The van der Waals surface area contributed by atoms with Gasteiger partial charge in [-0.3, -0.25) is 0 Å². The Balaban J connectivity index is 0.000000182. The first-order chi connectivity index (χ1) is 24.0. The quantitative estimate of drug-likeness (QED) is 0.143. The number of para-hydroxylation sites is 3. The minimum Gasteiger partial charge on any atom is -0.422 e.